The van der Waals surface area contributed by atoms with Crippen LogP contribution in [0.25, 0.3) is 0 Å². The summed E-state index contributed by atoms with van der Waals surface area (Å²) in [7, 11) is -3.16. The van der Waals surface area contributed by atoms with E-state index in [0.717, 1.165) is 18.9 Å². The van der Waals surface area contributed by atoms with Gasteiger partial charge in [-0.1, -0.05) is 0 Å². The number of aromatic nitrogens is 1. The Morgan fingerprint density at radius 3 is 2.50 bits per heavy atom. The molecule has 0 bridgehead atoms. The Morgan fingerprint density at radius 2 is 2.00 bits per heavy atom. The van der Waals surface area contributed by atoms with Crippen LogP contribution in [0.1, 0.15) is 0 Å². The molecule has 2 rings (SSSR count). The van der Waals surface area contributed by atoms with Gasteiger partial charge in [-0.05, 0) is 12.1 Å². The maximum atomic E-state index is 11.2. The van der Waals surface area contributed by atoms with Gasteiger partial charge in [-0.3, -0.25) is 0 Å². The summed E-state index contributed by atoms with van der Waals surface area (Å²) >= 11 is 0. The standard InChI is InChI=1S/C10H14N2O3S/c1-16(13,14)9-2-3-10(11-8-9)12-4-6-15-7-5-12/h2-3,8H,4-7H2,1H3. The highest BCUT2D eigenvalue weighted by molar-refractivity contribution is 7.90. The summed E-state index contributed by atoms with van der Waals surface area (Å²) in [5.41, 5.74) is 0. The summed E-state index contributed by atoms with van der Waals surface area (Å²) in [6.45, 7) is 2.97. The second-order valence-electron chi connectivity index (χ2n) is 3.72. The summed E-state index contributed by atoms with van der Waals surface area (Å²) in [5, 5.41) is 0. The van der Waals surface area contributed by atoms with Gasteiger partial charge in [-0.25, -0.2) is 13.4 Å². The van der Waals surface area contributed by atoms with Crippen LogP contribution >= 0.6 is 0 Å². The molecule has 0 radical (unpaired) electrons. The van der Waals surface area contributed by atoms with E-state index in [0.29, 0.717) is 13.2 Å². The van der Waals surface area contributed by atoms with Gasteiger partial charge in [0.05, 0.1) is 18.1 Å². The van der Waals surface area contributed by atoms with E-state index in [-0.39, 0.29) is 4.90 Å². The largest absolute Gasteiger partial charge is 0.378 e. The van der Waals surface area contributed by atoms with Crippen LogP contribution in [-0.4, -0.2) is 46.0 Å². The quantitative estimate of drug-likeness (QED) is 0.747. The zero-order valence-corrected chi connectivity index (χ0v) is 9.90. The van der Waals surface area contributed by atoms with E-state index in [1.807, 2.05) is 0 Å². The molecule has 1 aromatic heterocycles. The minimum Gasteiger partial charge on any atom is -0.378 e. The Labute approximate surface area is 95.0 Å². The molecule has 0 unspecified atom stereocenters. The number of hydrogen-bond acceptors (Lipinski definition) is 5. The van der Waals surface area contributed by atoms with Gasteiger partial charge in [-0.2, -0.15) is 0 Å². The predicted molar refractivity (Wildman–Crippen MR) is 60.4 cm³/mol. The molecule has 0 amide bonds. The van der Waals surface area contributed by atoms with E-state index >= 15 is 0 Å². The number of rotatable bonds is 2. The van der Waals surface area contributed by atoms with Crippen LogP contribution in [0, 0.1) is 0 Å². The molecule has 1 saturated heterocycles. The third-order valence-electron chi connectivity index (χ3n) is 2.48. The van der Waals surface area contributed by atoms with Crippen molar-refractivity contribution >= 4 is 15.7 Å². The van der Waals surface area contributed by atoms with Crippen LogP contribution in [0.15, 0.2) is 23.2 Å². The predicted octanol–water partition coefficient (Wildman–Crippen LogP) is 0.322. The molecule has 2 heterocycles. The fourth-order valence-electron chi connectivity index (χ4n) is 1.57. The van der Waals surface area contributed by atoms with Crippen LogP contribution in [0.3, 0.4) is 0 Å². The Bertz CT molecular complexity index is 449. The van der Waals surface area contributed by atoms with Crippen molar-refractivity contribution in [3.05, 3.63) is 18.3 Å². The molecule has 16 heavy (non-hydrogen) atoms. The zero-order chi connectivity index (χ0) is 11.6. The highest BCUT2D eigenvalue weighted by Crippen LogP contribution is 2.15. The lowest BCUT2D eigenvalue weighted by Gasteiger charge is -2.27. The van der Waals surface area contributed by atoms with Gasteiger partial charge in [0, 0.05) is 25.5 Å². The van der Waals surface area contributed by atoms with Crippen molar-refractivity contribution in [1.82, 2.24) is 4.98 Å². The lowest BCUT2D eigenvalue weighted by Crippen LogP contribution is -2.36. The summed E-state index contributed by atoms with van der Waals surface area (Å²) in [6, 6.07) is 3.33. The van der Waals surface area contributed by atoms with Crippen molar-refractivity contribution < 1.29 is 13.2 Å². The topological polar surface area (TPSA) is 59.5 Å². The lowest BCUT2D eigenvalue weighted by molar-refractivity contribution is 0.122. The number of anilines is 1. The van der Waals surface area contributed by atoms with E-state index < -0.39 is 9.84 Å². The molecule has 1 fully saturated rings. The minimum absolute atomic E-state index is 0.254. The molecule has 0 aliphatic carbocycles. The molecule has 6 heteroatoms. The van der Waals surface area contributed by atoms with Gasteiger partial charge < -0.3 is 9.64 Å². The summed E-state index contributed by atoms with van der Waals surface area (Å²) in [6.07, 6.45) is 2.58. The van der Waals surface area contributed by atoms with E-state index in [9.17, 15) is 8.42 Å². The first-order chi connectivity index (χ1) is 7.57. The number of ether oxygens (including phenoxy) is 1. The van der Waals surface area contributed by atoms with Crippen LogP contribution < -0.4 is 4.90 Å². The van der Waals surface area contributed by atoms with Crippen molar-refractivity contribution in [3.8, 4) is 0 Å². The Kier molecular flexibility index (Phi) is 3.11. The van der Waals surface area contributed by atoms with Gasteiger partial charge in [0.15, 0.2) is 9.84 Å². The highest BCUT2D eigenvalue weighted by Gasteiger charge is 2.13. The van der Waals surface area contributed by atoms with Crippen molar-refractivity contribution in [2.75, 3.05) is 37.5 Å². The fourth-order valence-corrected chi connectivity index (χ4v) is 2.13. The Hall–Kier alpha value is -1.14. The maximum absolute atomic E-state index is 11.2. The van der Waals surface area contributed by atoms with Crippen LogP contribution in [0.4, 0.5) is 5.82 Å². The second kappa shape index (κ2) is 4.39. The van der Waals surface area contributed by atoms with Crippen LogP contribution in [0.5, 0.6) is 0 Å². The third-order valence-corrected chi connectivity index (χ3v) is 3.58. The monoisotopic (exact) mass is 242 g/mol. The molecule has 1 aromatic rings. The first-order valence-electron chi connectivity index (χ1n) is 5.06. The van der Waals surface area contributed by atoms with E-state index in [1.165, 1.54) is 12.5 Å². The van der Waals surface area contributed by atoms with Gasteiger partial charge in [0.2, 0.25) is 0 Å². The number of pyridine rings is 1. The van der Waals surface area contributed by atoms with E-state index in [4.69, 9.17) is 4.74 Å². The lowest BCUT2D eigenvalue weighted by atomic mass is 10.4. The van der Waals surface area contributed by atoms with Gasteiger partial charge in [0.1, 0.15) is 5.82 Å². The summed E-state index contributed by atoms with van der Waals surface area (Å²) < 4.78 is 27.7. The van der Waals surface area contributed by atoms with E-state index in [1.54, 1.807) is 12.1 Å². The molecular weight excluding hydrogens is 228 g/mol. The first-order valence-corrected chi connectivity index (χ1v) is 6.95. The van der Waals surface area contributed by atoms with Crippen LogP contribution in [-0.2, 0) is 14.6 Å². The molecule has 0 atom stereocenters. The number of nitrogens with zero attached hydrogens (tertiary/aromatic N) is 2. The van der Waals surface area contributed by atoms with Gasteiger partial charge in [0.25, 0.3) is 0 Å². The smallest absolute Gasteiger partial charge is 0.177 e. The van der Waals surface area contributed by atoms with Crippen molar-refractivity contribution in [3.63, 3.8) is 0 Å². The van der Waals surface area contributed by atoms with Crippen molar-refractivity contribution in [1.29, 1.82) is 0 Å². The third kappa shape index (κ3) is 2.51. The van der Waals surface area contributed by atoms with Crippen LogP contribution in [0.2, 0.25) is 0 Å². The summed E-state index contributed by atoms with van der Waals surface area (Å²) in [5.74, 6) is 0.802. The Morgan fingerprint density at radius 1 is 1.31 bits per heavy atom. The Balaban J connectivity index is 2.18. The average molecular weight is 242 g/mol. The van der Waals surface area contributed by atoms with Crippen molar-refractivity contribution in [2.24, 2.45) is 0 Å². The average Bonchev–Trinajstić information content (AvgIpc) is 2.29. The number of hydrogen-bond donors (Lipinski definition) is 0. The number of sulfone groups is 1. The molecular formula is C10H14N2O3S. The molecule has 0 saturated carbocycles. The molecule has 0 aromatic carbocycles. The summed E-state index contributed by atoms with van der Waals surface area (Å²) in [4.78, 5) is 6.49. The molecule has 88 valence electrons. The normalized spacial score (nSPS) is 17.4. The molecule has 1 aliphatic heterocycles. The van der Waals surface area contributed by atoms with Gasteiger partial charge in [-0.15, -0.1) is 0 Å². The van der Waals surface area contributed by atoms with Gasteiger partial charge >= 0.3 is 0 Å². The first kappa shape index (κ1) is 11.3. The molecule has 0 N–H and O–H groups in total. The fraction of sp³-hybridized carbons (Fsp3) is 0.500. The minimum atomic E-state index is -3.16. The maximum Gasteiger partial charge on any atom is 0.177 e. The molecule has 0 spiro atoms. The SMILES string of the molecule is CS(=O)(=O)c1ccc(N2CCOCC2)nc1. The second-order valence-corrected chi connectivity index (χ2v) is 5.74. The van der Waals surface area contributed by atoms with E-state index in [2.05, 4.69) is 9.88 Å². The molecule has 5 nitrogen and oxygen atoms in total. The zero-order valence-electron chi connectivity index (χ0n) is 9.09. The number of morpholine rings is 1. The van der Waals surface area contributed by atoms with Crippen molar-refractivity contribution in [2.45, 2.75) is 4.90 Å². The molecule has 1 aliphatic rings. The highest BCUT2D eigenvalue weighted by atomic mass is 32.2.